The van der Waals surface area contributed by atoms with Gasteiger partial charge in [0.15, 0.2) is 11.5 Å². The molecule has 0 aliphatic carbocycles. The Morgan fingerprint density at radius 1 is 1.09 bits per heavy atom. The van der Waals surface area contributed by atoms with Gasteiger partial charge in [-0.05, 0) is 43.9 Å². The van der Waals surface area contributed by atoms with E-state index >= 15 is 0 Å². The molecule has 1 fully saturated rings. The Bertz CT molecular complexity index is 1150. The highest BCUT2D eigenvalue weighted by molar-refractivity contribution is 5.93. The normalized spacial score (nSPS) is 15.2. The van der Waals surface area contributed by atoms with Crippen LogP contribution in [0.1, 0.15) is 46.4 Å². The summed E-state index contributed by atoms with van der Waals surface area (Å²) in [5.41, 5.74) is 4.38. The molecule has 0 spiro atoms. The molecule has 0 radical (unpaired) electrons. The number of benzene rings is 2. The first-order valence-electron chi connectivity index (χ1n) is 12.1. The Hall–Kier alpha value is -3.45. The summed E-state index contributed by atoms with van der Waals surface area (Å²) in [6, 6.07) is 17.6. The van der Waals surface area contributed by atoms with E-state index < -0.39 is 0 Å². The van der Waals surface area contributed by atoms with Crippen LogP contribution >= 0.6 is 0 Å². The number of aryl methyl sites for hydroxylation is 2. The molecule has 1 aliphatic rings. The average Bonchev–Trinajstić information content (AvgIpc) is 3.56. The van der Waals surface area contributed by atoms with Gasteiger partial charge in [0.2, 0.25) is 5.91 Å². The second-order valence-electron chi connectivity index (χ2n) is 9.27. The van der Waals surface area contributed by atoms with Crippen molar-refractivity contribution >= 4 is 11.8 Å². The fraction of sp³-hybridized carbons (Fsp3) is 0.393. The van der Waals surface area contributed by atoms with Crippen LogP contribution in [-0.4, -0.2) is 59.6 Å². The van der Waals surface area contributed by atoms with Crippen molar-refractivity contribution in [3.05, 3.63) is 77.0 Å². The molecule has 1 saturated heterocycles. The molecule has 1 unspecified atom stereocenters. The third-order valence-corrected chi connectivity index (χ3v) is 6.41. The van der Waals surface area contributed by atoms with E-state index in [-0.39, 0.29) is 30.0 Å². The lowest BCUT2D eigenvalue weighted by Crippen LogP contribution is -2.40. The second-order valence-corrected chi connectivity index (χ2v) is 9.27. The Morgan fingerprint density at radius 2 is 1.89 bits per heavy atom. The third-order valence-electron chi connectivity index (χ3n) is 6.41. The maximum Gasteiger partial charge on any atom is 0.276 e. The van der Waals surface area contributed by atoms with Gasteiger partial charge in [-0.25, -0.2) is 0 Å². The van der Waals surface area contributed by atoms with Gasteiger partial charge in [0.05, 0.1) is 6.10 Å². The lowest BCUT2D eigenvalue weighted by Gasteiger charge is -2.25. The van der Waals surface area contributed by atoms with Gasteiger partial charge >= 0.3 is 0 Å². The van der Waals surface area contributed by atoms with Crippen LogP contribution in [0.15, 0.2) is 59.1 Å². The lowest BCUT2D eigenvalue weighted by molar-refractivity contribution is -0.130. The van der Waals surface area contributed by atoms with E-state index in [1.165, 1.54) is 0 Å². The number of nitrogens with zero attached hydrogens (tertiary/aromatic N) is 3. The molecule has 4 rings (SSSR count). The molecule has 2 amide bonds. The van der Waals surface area contributed by atoms with E-state index in [2.05, 4.69) is 5.16 Å². The van der Waals surface area contributed by atoms with Gasteiger partial charge in [-0.15, -0.1) is 0 Å². The van der Waals surface area contributed by atoms with Crippen molar-refractivity contribution in [2.24, 2.45) is 0 Å². The second kappa shape index (κ2) is 11.3. The minimum absolute atomic E-state index is 0.0183. The van der Waals surface area contributed by atoms with E-state index in [0.717, 1.165) is 35.1 Å². The number of aromatic nitrogens is 1. The zero-order valence-corrected chi connectivity index (χ0v) is 20.7. The number of amides is 2. The van der Waals surface area contributed by atoms with E-state index in [1.54, 1.807) is 22.9 Å². The van der Waals surface area contributed by atoms with Crippen LogP contribution in [0, 0.1) is 13.8 Å². The van der Waals surface area contributed by atoms with Crippen molar-refractivity contribution in [2.45, 2.75) is 45.8 Å². The van der Waals surface area contributed by atoms with E-state index in [1.807, 2.05) is 62.4 Å². The predicted molar refractivity (Wildman–Crippen MR) is 134 cm³/mol. The summed E-state index contributed by atoms with van der Waals surface area (Å²) in [6.07, 6.45) is 2.08. The van der Waals surface area contributed by atoms with Gasteiger partial charge in [0, 0.05) is 51.3 Å². The number of hydrogen-bond acceptors (Lipinski definition) is 5. The molecule has 0 N–H and O–H groups in total. The minimum atomic E-state index is -0.251. The fourth-order valence-corrected chi connectivity index (χ4v) is 4.34. The summed E-state index contributed by atoms with van der Waals surface area (Å²) in [5, 5.41) is 4.07. The molecule has 2 aromatic carbocycles. The Morgan fingerprint density at radius 3 is 2.63 bits per heavy atom. The van der Waals surface area contributed by atoms with Crippen LogP contribution in [0.25, 0.3) is 11.3 Å². The van der Waals surface area contributed by atoms with Gasteiger partial charge in [-0.3, -0.25) is 9.59 Å². The van der Waals surface area contributed by atoms with Gasteiger partial charge in [0.25, 0.3) is 5.91 Å². The van der Waals surface area contributed by atoms with Crippen molar-refractivity contribution in [1.82, 2.24) is 15.0 Å². The highest BCUT2D eigenvalue weighted by Gasteiger charge is 2.27. The molecular weight excluding hydrogens is 442 g/mol. The topological polar surface area (TPSA) is 75.9 Å². The van der Waals surface area contributed by atoms with E-state index in [0.29, 0.717) is 32.0 Å². The van der Waals surface area contributed by atoms with Crippen LogP contribution in [0.4, 0.5) is 0 Å². The number of hydrogen-bond donors (Lipinski definition) is 0. The van der Waals surface area contributed by atoms with Crippen molar-refractivity contribution in [3.8, 4) is 11.3 Å². The van der Waals surface area contributed by atoms with Crippen LogP contribution < -0.4 is 0 Å². The third kappa shape index (κ3) is 6.36. The maximum absolute atomic E-state index is 13.4. The summed E-state index contributed by atoms with van der Waals surface area (Å²) in [4.78, 5) is 29.6. The van der Waals surface area contributed by atoms with Gasteiger partial charge < -0.3 is 19.1 Å². The van der Waals surface area contributed by atoms with E-state index in [9.17, 15) is 9.59 Å². The van der Waals surface area contributed by atoms with Gasteiger partial charge in [-0.2, -0.15) is 0 Å². The van der Waals surface area contributed by atoms with E-state index in [4.69, 9.17) is 9.26 Å². The summed E-state index contributed by atoms with van der Waals surface area (Å²) < 4.78 is 11.3. The Labute approximate surface area is 206 Å². The summed E-state index contributed by atoms with van der Waals surface area (Å²) >= 11 is 0. The molecule has 35 heavy (non-hydrogen) atoms. The standard InChI is InChI=1S/C28H33N3O4/c1-20-11-12-21(2)24(16-20)26-17-25(29-35-26)28(33)31(19-23-10-7-15-34-23)14-13-27(32)30(3)18-22-8-5-4-6-9-22/h4-6,8-9,11-12,16-17,23H,7,10,13-15,18-19H2,1-3H3. The minimum Gasteiger partial charge on any atom is -0.376 e. The first-order chi connectivity index (χ1) is 16.9. The number of carbonyl (C=O) groups excluding carboxylic acids is 2. The Balaban J connectivity index is 1.45. The molecular formula is C28H33N3O4. The summed E-state index contributed by atoms with van der Waals surface area (Å²) in [6.45, 7) is 5.97. The predicted octanol–water partition coefficient (Wildman–Crippen LogP) is 4.63. The van der Waals surface area contributed by atoms with Crippen molar-refractivity contribution in [3.63, 3.8) is 0 Å². The maximum atomic E-state index is 13.4. The van der Waals surface area contributed by atoms with Crippen molar-refractivity contribution < 1.29 is 18.8 Å². The molecule has 184 valence electrons. The molecule has 1 atom stereocenters. The lowest BCUT2D eigenvalue weighted by atomic mass is 10.0. The van der Waals surface area contributed by atoms with Crippen LogP contribution in [0.3, 0.4) is 0 Å². The fourth-order valence-electron chi connectivity index (χ4n) is 4.34. The zero-order chi connectivity index (χ0) is 24.8. The summed E-state index contributed by atoms with van der Waals surface area (Å²) in [5.74, 6) is 0.292. The first-order valence-corrected chi connectivity index (χ1v) is 12.1. The highest BCUT2D eigenvalue weighted by Crippen LogP contribution is 2.26. The van der Waals surface area contributed by atoms with Gasteiger partial charge in [0.1, 0.15) is 0 Å². The average molecular weight is 476 g/mol. The Kier molecular flexibility index (Phi) is 7.98. The molecule has 7 nitrogen and oxygen atoms in total. The molecule has 3 aromatic rings. The number of ether oxygens (including phenoxy) is 1. The largest absolute Gasteiger partial charge is 0.376 e. The molecule has 2 heterocycles. The SMILES string of the molecule is Cc1ccc(C)c(-c2cc(C(=O)N(CCC(=O)N(C)Cc3ccccc3)CC3CCCO3)no2)c1. The zero-order valence-electron chi connectivity index (χ0n) is 20.7. The molecule has 1 aromatic heterocycles. The first kappa shape index (κ1) is 24.7. The summed E-state index contributed by atoms with van der Waals surface area (Å²) in [7, 11) is 1.79. The van der Waals surface area contributed by atoms with Crippen molar-refractivity contribution in [1.29, 1.82) is 0 Å². The molecule has 1 aliphatic heterocycles. The van der Waals surface area contributed by atoms with Crippen molar-refractivity contribution in [2.75, 3.05) is 26.7 Å². The van der Waals surface area contributed by atoms with Crippen LogP contribution in [0.5, 0.6) is 0 Å². The quantitative estimate of drug-likeness (QED) is 0.451. The smallest absolute Gasteiger partial charge is 0.276 e. The number of carbonyl (C=O) groups is 2. The van der Waals surface area contributed by atoms with Gasteiger partial charge in [-0.1, -0.05) is 53.2 Å². The highest BCUT2D eigenvalue weighted by atomic mass is 16.5. The molecule has 7 heteroatoms. The molecule has 0 bridgehead atoms. The van der Waals surface area contributed by atoms with Crippen LogP contribution in [-0.2, 0) is 16.1 Å². The number of rotatable bonds is 9. The monoisotopic (exact) mass is 475 g/mol. The molecule has 0 saturated carbocycles. The van der Waals surface area contributed by atoms with Crippen LogP contribution in [0.2, 0.25) is 0 Å².